The van der Waals surface area contributed by atoms with E-state index in [2.05, 4.69) is 13.8 Å². The fourth-order valence-electron chi connectivity index (χ4n) is 6.23. The van der Waals surface area contributed by atoms with Gasteiger partial charge in [0, 0.05) is 62.0 Å². The molecule has 2 atom stereocenters. The molecule has 41 heavy (non-hydrogen) atoms. The van der Waals surface area contributed by atoms with Crippen LogP contribution in [0.3, 0.4) is 0 Å². The number of aromatic nitrogens is 1. The van der Waals surface area contributed by atoms with Crippen molar-refractivity contribution in [2.24, 2.45) is 0 Å². The van der Waals surface area contributed by atoms with E-state index in [0.29, 0.717) is 32.6 Å². The van der Waals surface area contributed by atoms with Crippen LogP contribution in [-0.2, 0) is 21.4 Å². The number of carboxylic acid groups (broad SMARTS) is 1. The van der Waals surface area contributed by atoms with Crippen LogP contribution in [0, 0.1) is 5.82 Å². The second-order valence-corrected chi connectivity index (χ2v) is 12.3. The minimum atomic E-state index is -0.998. The van der Waals surface area contributed by atoms with Crippen LogP contribution < -0.4 is 4.90 Å². The number of hydrogen-bond acceptors (Lipinski definition) is 5. The van der Waals surface area contributed by atoms with Crippen molar-refractivity contribution in [3.05, 3.63) is 70.3 Å². The Morgan fingerprint density at radius 2 is 1.83 bits per heavy atom. The van der Waals surface area contributed by atoms with Crippen molar-refractivity contribution in [3.8, 4) is 0 Å². The molecular formula is C31H38FN5O4. The third-order valence-corrected chi connectivity index (χ3v) is 8.68. The van der Waals surface area contributed by atoms with E-state index in [9.17, 15) is 23.9 Å². The zero-order valence-electron chi connectivity index (χ0n) is 24.4. The minimum absolute atomic E-state index is 0.0377. The van der Waals surface area contributed by atoms with Gasteiger partial charge in [-0.1, -0.05) is 26.0 Å². The summed E-state index contributed by atoms with van der Waals surface area (Å²) in [5.74, 6) is -0.409. The Bertz CT molecular complexity index is 1410. The molecule has 1 fully saturated rings. The molecule has 0 saturated carbocycles. The topological polar surface area (TPSA) is 97.3 Å². The number of carbonyl (C=O) groups is 3. The van der Waals surface area contributed by atoms with Gasteiger partial charge in [-0.05, 0) is 62.1 Å². The zero-order valence-corrected chi connectivity index (χ0v) is 24.4. The van der Waals surface area contributed by atoms with Gasteiger partial charge < -0.3 is 19.8 Å². The van der Waals surface area contributed by atoms with Crippen molar-refractivity contribution < 1.29 is 23.9 Å². The van der Waals surface area contributed by atoms with Gasteiger partial charge in [-0.3, -0.25) is 19.5 Å². The number of anilines is 1. The molecule has 0 spiro atoms. The molecule has 0 unspecified atom stereocenters. The van der Waals surface area contributed by atoms with Crippen LogP contribution in [0.5, 0.6) is 0 Å². The highest BCUT2D eigenvalue weighted by Crippen LogP contribution is 2.40. The molecule has 1 saturated heterocycles. The van der Waals surface area contributed by atoms with Gasteiger partial charge in [-0.15, -0.1) is 0 Å². The van der Waals surface area contributed by atoms with Gasteiger partial charge in [0.1, 0.15) is 5.82 Å². The molecule has 3 aliphatic heterocycles. The molecular weight excluding hydrogens is 525 g/mol. The first-order valence-electron chi connectivity index (χ1n) is 14.1. The van der Waals surface area contributed by atoms with Crippen LogP contribution in [0.25, 0.3) is 0 Å². The lowest BCUT2D eigenvalue weighted by atomic mass is 9.91. The molecule has 4 heterocycles. The number of halogens is 1. The average molecular weight is 564 g/mol. The zero-order chi connectivity index (χ0) is 29.6. The summed E-state index contributed by atoms with van der Waals surface area (Å²) in [5.41, 5.74) is 4.92. The van der Waals surface area contributed by atoms with Gasteiger partial charge in [0.15, 0.2) is 0 Å². The molecule has 1 N–H and O–H groups in total. The predicted octanol–water partition coefficient (Wildman–Crippen LogP) is 3.67. The molecule has 10 heteroatoms. The van der Waals surface area contributed by atoms with E-state index in [1.165, 1.54) is 17.0 Å². The van der Waals surface area contributed by atoms with Crippen molar-refractivity contribution in [2.45, 2.75) is 58.5 Å². The Morgan fingerprint density at radius 3 is 2.46 bits per heavy atom. The third-order valence-electron chi connectivity index (χ3n) is 8.68. The first-order chi connectivity index (χ1) is 19.3. The Morgan fingerprint density at radius 1 is 1.12 bits per heavy atom. The van der Waals surface area contributed by atoms with Crippen LogP contribution in [-0.4, -0.2) is 94.1 Å². The predicted molar refractivity (Wildman–Crippen MR) is 153 cm³/mol. The van der Waals surface area contributed by atoms with Gasteiger partial charge in [0.05, 0.1) is 17.9 Å². The highest BCUT2D eigenvalue weighted by Gasteiger charge is 2.42. The van der Waals surface area contributed by atoms with Gasteiger partial charge in [0.25, 0.3) is 0 Å². The van der Waals surface area contributed by atoms with E-state index in [0.717, 1.165) is 33.7 Å². The SMILES string of the molecule is CC1=C(C)C(=O)N(C[C@H]2CN(C(=O)O)[C@H](C)CN2CC(=O)N2CC(C)(C)c3ncc(Cc4ccc(F)cc4)cc32)C1. The minimum Gasteiger partial charge on any atom is -0.465 e. The molecule has 218 valence electrons. The highest BCUT2D eigenvalue weighted by molar-refractivity contribution is 5.98. The Kier molecular flexibility index (Phi) is 7.63. The first kappa shape index (κ1) is 28.7. The van der Waals surface area contributed by atoms with Crippen molar-refractivity contribution in [2.75, 3.05) is 44.2 Å². The molecule has 1 aromatic heterocycles. The smallest absolute Gasteiger partial charge is 0.407 e. The van der Waals surface area contributed by atoms with Crippen molar-refractivity contribution in [1.82, 2.24) is 19.7 Å². The molecule has 3 aliphatic rings. The van der Waals surface area contributed by atoms with Gasteiger partial charge in [0.2, 0.25) is 11.8 Å². The van der Waals surface area contributed by atoms with E-state index in [1.807, 2.05) is 37.9 Å². The molecule has 0 aliphatic carbocycles. The van der Waals surface area contributed by atoms with Gasteiger partial charge >= 0.3 is 6.09 Å². The first-order valence-corrected chi connectivity index (χ1v) is 14.1. The lowest BCUT2D eigenvalue weighted by Crippen LogP contribution is -2.63. The van der Waals surface area contributed by atoms with E-state index < -0.39 is 6.09 Å². The maximum atomic E-state index is 13.9. The molecule has 0 bridgehead atoms. The van der Waals surface area contributed by atoms with Crippen molar-refractivity contribution in [1.29, 1.82) is 0 Å². The van der Waals surface area contributed by atoms with Crippen LogP contribution in [0.2, 0.25) is 0 Å². The summed E-state index contributed by atoms with van der Waals surface area (Å²) in [4.78, 5) is 50.4. The normalized spacial score (nSPS) is 22.5. The van der Waals surface area contributed by atoms with E-state index in [-0.39, 0.29) is 48.2 Å². The Balaban J connectivity index is 1.37. The lowest BCUT2D eigenvalue weighted by molar-refractivity contribution is -0.127. The largest absolute Gasteiger partial charge is 0.465 e. The lowest BCUT2D eigenvalue weighted by Gasteiger charge is -2.45. The average Bonchev–Trinajstić information content (AvgIpc) is 3.32. The number of carbonyl (C=O) groups excluding carboxylic acids is 2. The summed E-state index contributed by atoms with van der Waals surface area (Å²) in [6, 6.07) is 7.76. The summed E-state index contributed by atoms with van der Waals surface area (Å²) in [6.45, 7) is 11.8. The van der Waals surface area contributed by atoms with Gasteiger partial charge in [-0.2, -0.15) is 0 Å². The fraction of sp³-hybridized carbons (Fsp3) is 0.484. The molecule has 3 amide bonds. The number of amides is 3. The molecule has 0 radical (unpaired) electrons. The standard InChI is InChI=1S/C31H38FN5O4/c1-19-13-35(29(39)21(19)3)15-25-16-36(30(40)41)20(2)14-34(25)17-27(38)37-18-31(4,5)28-26(37)11-23(12-33-28)10-22-6-8-24(32)9-7-22/h6-9,11-12,20,25H,10,13-18H2,1-5H3,(H,40,41)/t20-,25+/m1/s1. The fourth-order valence-corrected chi connectivity index (χ4v) is 6.23. The number of pyridine rings is 1. The van der Waals surface area contributed by atoms with E-state index in [4.69, 9.17) is 4.98 Å². The summed E-state index contributed by atoms with van der Waals surface area (Å²) >= 11 is 0. The summed E-state index contributed by atoms with van der Waals surface area (Å²) in [6.07, 6.45) is 1.39. The number of rotatable bonds is 6. The van der Waals surface area contributed by atoms with E-state index >= 15 is 0 Å². The third kappa shape index (κ3) is 5.70. The number of hydrogen-bond donors (Lipinski definition) is 1. The number of nitrogens with zero attached hydrogens (tertiary/aromatic N) is 5. The second-order valence-electron chi connectivity index (χ2n) is 12.3. The maximum absolute atomic E-state index is 13.9. The Labute approximate surface area is 240 Å². The molecule has 5 rings (SSSR count). The van der Waals surface area contributed by atoms with Crippen LogP contribution in [0.15, 0.2) is 47.7 Å². The quantitative estimate of drug-likeness (QED) is 0.576. The van der Waals surface area contributed by atoms with Crippen molar-refractivity contribution in [3.63, 3.8) is 0 Å². The number of fused-ring (bicyclic) bond motifs is 1. The summed E-state index contributed by atoms with van der Waals surface area (Å²) in [5, 5.41) is 9.79. The Hall–Kier alpha value is -3.79. The van der Waals surface area contributed by atoms with E-state index in [1.54, 1.807) is 21.9 Å². The second kappa shape index (κ2) is 10.9. The van der Waals surface area contributed by atoms with Crippen LogP contribution in [0.4, 0.5) is 14.9 Å². The number of piperazine rings is 1. The molecule has 2 aromatic rings. The number of benzene rings is 1. The maximum Gasteiger partial charge on any atom is 0.407 e. The highest BCUT2D eigenvalue weighted by atomic mass is 19.1. The summed E-state index contributed by atoms with van der Waals surface area (Å²) < 4.78 is 13.4. The van der Waals surface area contributed by atoms with Crippen LogP contribution in [0.1, 0.15) is 51.4 Å². The van der Waals surface area contributed by atoms with Gasteiger partial charge in [-0.25, -0.2) is 9.18 Å². The summed E-state index contributed by atoms with van der Waals surface area (Å²) in [7, 11) is 0. The van der Waals surface area contributed by atoms with Crippen LogP contribution >= 0.6 is 0 Å². The molecule has 9 nitrogen and oxygen atoms in total. The monoisotopic (exact) mass is 563 g/mol. The van der Waals surface area contributed by atoms with Crippen molar-refractivity contribution >= 4 is 23.6 Å². The molecule has 1 aromatic carbocycles.